The first-order chi connectivity index (χ1) is 59.7. The van der Waals surface area contributed by atoms with Crippen LogP contribution in [0, 0.1) is 102 Å². The molecule has 4 nitrogen and oxygen atoms in total. The van der Waals surface area contributed by atoms with Gasteiger partial charge in [-0.2, -0.15) is 0 Å². The monoisotopic (exact) mass is 1550 g/mol. The van der Waals surface area contributed by atoms with Crippen LogP contribution in [-0.2, 0) is 66.6 Å². The lowest BCUT2D eigenvalue weighted by molar-refractivity contribution is -0.661. The molecule has 0 N–H and O–H groups in total. The second-order valence-electron chi connectivity index (χ2n) is 38.0. The molecule has 4 heteroatoms. The van der Waals surface area contributed by atoms with Gasteiger partial charge in [-0.15, -0.1) is 0 Å². The zero-order chi connectivity index (χ0) is 97.4. The van der Waals surface area contributed by atoms with Crippen LogP contribution < -0.4 is 18.3 Å². The zero-order valence-electron chi connectivity index (χ0n) is 89.8. The van der Waals surface area contributed by atoms with Crippen LogP contribution in [0.3, 0.4) is 0 Å². The SMILES string of the molecule is Cc1cc(-c2cc(-c3ccccc3)c(C)cc2C)[n+](C)cc1CC(C)C.Cc1cc(C)c(-c2cc(CC(C)(C)C)c(CC(C)(C)C)c[n+]2C)cc1-c1ccccc1.[2H]C([2H])([2H])c1cc(C)c(-c2cc(C([2H])([2H])C(C)(C)C)c(C([2H])([2H])C(C)(C)C)c[n+]2C)cc1-c1ccccc1.[2H]C([2H])([2H])c1cc(C)c(-c2cc(C([2H])([2H])C(C)(C)C)c(C([2H])([2H])[2H])c[n+]2C)cc1-c1ccccc1. The molecule has 0 saturated carbocycles. The van der Waals surface area contributed by atoms with Crippen molar-refractivity contribution in [1.82, 2.24) is 0 Å². The van der Waals surface area contributed by atoms with E-state index < -0.39 is 55.9 Å². The van der Waals surface area contributed by atoms with Crippen molar-refractivity contribution < 1.29 is 38.8 Å². The first kappa shape index (κ1) is 69.6. The van der Waals surface area contributed by atoms with Gasteiger partial charge in [0.2, 0.25) is 22.8 Å². The average molecular weight is 1550 g/mol. The van der Waals surface area contributed by atoms with Crippen LogP contribution in [0.25, 0.3) is 89.5 Å². The molecule has 0 fully saturated rings. The Morgan fingerprint density at radius 2 is 0.530 bits per heavy atom. The lowest BCUT2D eigenvalue weighted by Crippen LogP contribution is -2.33. The minimum absolute atomic E-state index is 0.0382. The van der Waals surface area contributed by atoms with Crippen LogP contribution in [0.4, 0.5) is 0 Å². The molecule has 0 aliphatic rings. The van der Waals surface area contributed by atoms with E-state index in [-0.39, 0.29) is 33.1 Å². The summed E-state index contributed by atoms with van der Waals surface area (Å²) in [7, 11) is 7.91. The van der Waals surface area contributed by atoms with Crippen LogP contribution >= 0.6 is 0 Å². The first-order valence-electron chi connectivity index (χ1n) is 48.5. The molecule has 0 bridgehead atoms. The van der Waals surface area contributed by atoms with Crippen molar-refractivity contribution in [2.24, 2.45) is 61.2 Å². The van der Waals surface area contributed by atoms with Crippen LogP contribution in [0.5, 0.6) is 0 Å². The van der Waals surface area contributed by atoms with E-state index in [0.29, 0.717) is 50.7 Å². The Morgan fingerprint density at radius 1 is 0.261 bits per heavy atom. The number of aromatic nitrogens is 4. The molecule has 115 heavy (non-hydrogen) atoms. The molecule has 12 aromatic rings. The number of rotatable bonds is 15. The highest BCUT2D eigenvalue weighted by atomic mass is 14.9. The summed E-state index contributed by atoms with van der Waals surface area (Å²) in [6.07, 6.45) is 5.58. The highest BCUT2D eigenvalue weighted by molar-refractivity contribution is 5.80. The maximum atomic E-state index is 9.14. The molecule has 0 amide bonds. The summed E-state index contributed by atoms with van der Waals surface area (Å²) in [6.45, 7) is 42.4. The van der Waals surface area contributed by atoms with E-state index in [0.717, 1.165) is 41.5 Å². The zero-order valence-corrected chi connectivity index (χ0v) is 74.8. The van der Waals surface area contributed by atoms with Crippen LogP contribution in [0.15, 0.2) is 219 Å². The van der Waals surface area contributed by atoms with Crippen molar-refractivity contribution in [3.05, 3.63) is 308 Å². The first-order valence-corrected chi connectivity index (χ1v) is 41.0. The van der Waals surface area contributed by atoms with Gasteiger partial charge in [-0.3, -0.25) is 0 Å². The van der Waals surface area contributed by atoms with Gasteiger partial charge in [0.15, 0.2) is 24.8 Å². The highest BCUT2D eigenvalue weighted by Crippen LogP contribution is 2.40. The third-order valence-corrected chi connectivity index (χ3v) is 20.5. The normalized spacial score (nSPS) is 14.5. The Bertz CT molecular complexity index is 6020. The molecular formula is C111H142N4+4. The fourth-order valence-electron chi connectivity index (χ4n) is 15.4. The summed E-state index contributed by atoms with van der Waals surface area (Å²) < 4.78 is 135. The van der Waals surface area contributed by atoms with Crippen LogP contribution in [0.1, 0.15) is 227 Å². The molecule has 0 aliphatic carbocycles. The molecule has 12 rings (SSSR count). The molecule has 0 aliphatic heterocycles. The number of nitrogens with zero attached hydrogens (tertiary/aromatic N) is 4. The fraction of sp³-hybridized carbons (Fsp3) is 0.387. The summed E-state index contributed by atoms with van der Waals surface area (Å²) in [4.78, 5) is 0. The standard InChI is InChI=1S/2C30H40N.C26H32N.C25H30N/c2*1-21-15-22(2)27(17-26(21)23-13-11-10-12-14-23)28-16-24(18-29(3,4)5)25(20-31(28)9)19-30(6,7)8;1-18-13-19(2)24(15-23(18)21-11-9-8-10-12-21)25-14-22(16-26(4,5)6)20(3)17-27(25)7;1-17(2)12-22-16-26(6)25(14-18(22)3)24-15-23(19(4)13-20(24)5)21-10-8-7-9-11-21/h2*10-17,20H,18-19H2,1-9H3;8-15,17H,16H2,1-7H3;7-11,13-17H,12H2,1-6H3/q4*+1/i1D3,18D2,19D2;;1D3,3D3,16D2;. The van der Waals surface area contributed by atoms with Gasteiger partial charge in [-0.05, 0) is 276 Å². The molecule has 0 unspecified atom stereocenters. The molecule has 0 radical (unpaired) electrons. The Kier molecular flexibility index (Phi) is 22.5. The largest absolute Gasteiger partial charge is 0.212 e. The smallest absolute Gasteiger partial charge is 0.201 e. The van der Waals surface area contributed by atoms with Gasteiger partial charge in [0.05, 0.1) is 0 Å². The van der Waals surface area contributed by atoms with Gasteiger partial charge in [-0.25, -0.2) is 18.3 Å². The van der Waals surface area contributed by atoms with Gasteiger partial charge < -0.3 is 0 Å². The van der Waals surface area contributed by atoms with Gasteiger partial charge in [0, 0.05) is 89.3 Å². The van der Waals surface area contributed by atoms with E-state index in [1.54, 1.807) is 62.8 Å². The minimum atomic E-state index is -2.50. The van der Waals surface area contributed by atoms with Crippen molar-refractivity contribution in [2.75, 3.05) is 0 Å². The molecule has 0 saturated heterocycles. The summed E-state index contributed by atoms with van der Waals surface area (Å²) in [5, 5.41) is 0. The van der Waals surface area contributed by atoms with E-state index in [4.69, 9.17) is 20.6 Å². The average Bonchev–Trinajstić information content (AvgIpc) is 0.733. The number of pyridine rings is 4. The fourth-order valence-corrected chi connectivity index (χ4v) is 15.4. The summed E-state index contributed by atoms with van der Waals surface area (Å²) >= 11 is 0. The van der Waals surface area contributed by atoms with E-state index in [9.17, 15) is 0 Å². The van der Waals surface area contributed by atoms with E-state index in [1.807, 2.05) is 140 Å². The van der Waals surface area contributed by atoms with E-state index >= 15 is 0 Å². The number of benzene rings is 8. The Hall–Kier alpha value is -9.64. The minimum Gasteiger partial charge on any atom is -0.201 e. The Labute approximate surface area is 719 Å². The predicted octanol–water partition coefficient (Wildman–Crippen LogP) is 27.6. The third kappa shape index (κ3) is 24.5. The molecule has 8 aromatic carbocycles. The number of aryl methyl sites for hydroxylation is 14. The molecule has 0 atom stereocenters. The topological polar surface area (TPSA) is 15.5 Å². The molecule has 4 aromatic heterocycles. The van der Waals surface area contributed by atoms with E-state index in [1.165, 1.54) is 95.5 Å². The quantitative estimate of drug-likeness (QED) is 0.0909. The van der Waals surface area contributed by atoms with Crippen LogP contribution in [-0.4, -0.2) is 0 Å². The highest BCUT2D eigenvalue weighted by Gasteiger charge is 2.29. The van der Waals surface area contributed by atoms with Gasteiger partial charge in [0.1, 0.15) is 28.2 Å². The van der Waals surface area contributed by atoms with Gasteiger partial charge in [-0.1, -0.05) is 263 Å². The van der Waals surface area contributed by atoms with Crippen molar-refractivity contribution in [1.29, 1.82) is 0 Å². The van der Waals surface area contributed by atoms with Gasteiger partial charge >= 0.3 is 0 Å². The van der Waals surface area contributed by atoms with E-state index in [2.05, 4.69) is 223 Å². The second kappa shape index (κ2) is 37.1. The Balaban J connectivity index is 0.000000197. The number of hydrogen-bond donors (Lipinski definition) is 0. The lowest BCUT2D eigenvalue weighted by atomic mass is 9.81. The lowest BCUT2D eigenvalue weighted by Gasteiger charge is -2.24. The number of hydrogen-bond acceptors (Lipinski definition) is 0. The third-order valence-electron chi connectivity index (χ3n) is 20.5. The summed E-state index contributed by atoms with van der Waals surface area (Å²) in [5.74, 6) is 0.672. The van der Waals surface area contributed by atoms with Gasteiger partial charge in [0.25, 0.3) is 0 Å². The summed E-state index contributed by atoms with van der Waals surface area (Å²) in [6, 6.07) is 64.7. The molecule has 0 spiro atoms. The van der Waals surface area contributed by atoms with Crippen molar-refractivity contribution >= 4 is 0 Å². The summed E-state index contributed by atoms with van der Waals surface area (Å²) in [5.41, 5.74) is 27.7. The Morgan fingerprint density at radius 3 is 0.870 bits per heavy atom. The predicted molar refractivity (Wildman–Crippen MR) is 496 cm³/mol. The molecule has 4 heterocycles. The maximum absolute atomic E-state index is 9.14. The van der Waals surface area contributed by atoms with Crippen molar-refractivity contribution in [3.63, 3.8) is 0 Å². The van der Waals surface area contributed by atoms with Crippen molar-refractivity contribution in [3.8, 4) is 89.5 Å². The molecule has 602 valence electrons. The van der Waals surface area contributed by atoms with Crippen molar-refractivity contribution in [2.45, 2.75) is 225 Å². The van der Waals surface area contributed by atoms with Crippen LogP contribution in [0.2, 0.25) is 0 Å². The second-order valence-corrected chi connectivity index (χ2v) is 38.0. The maximum Gasteiger partial charge on any atom is 0.212 e. The molecular weight excluding hydrogens is 1390 g/mol.